The summed E-state index contributed by atoms with van der Waals surface area (Å²) in [6.45, 7) is 0. The predicted octanol–water partition coefficient (Wildman–Crippen LogP) is 4.45. The van der Waals surface area contributed by atoms with Gasteiger partial charge in [0.1, 0.15) is 11.5 Å². The summed E-state index contributed by atoms with van der Waals surface area (Å²) in [7, 11) is 2.91. The van der Waals surface area contributed by atoms with E-state index < -0.39 is 29.6 Å². The van der Waals surface area contributed by atoms with Crippen molar-refractivity contribution >= 4 is 23.3 Å². The summed E-state index contributed by atoms with van der Waals surface area (Å²) in [6, 6.07) is 9.25. The molecule has 0 aliphatic heterocycles. The summed E-state index contributed by atoms with van der Waals surface area (Å²) in [4.78, 5) is 23.8. The van der Waals surface area contributed by atoms with Gasteiger partial charge in [-0.15, -0.1) is 0 Å². The molecule has 0 saturated carbocycles. The van der Waals surface area contributed by atoms with Crippen molar-refractivity contribution in [2.24, 2.45) is 0 Å². The maximum atomic E-state index is 14.6. The molecule has 2 aromatic rings. The van der Waals surface area contributed by atoms with E-state index in [0.29, 0.717) is 7.11 Å². The summed E-state index contributed by atoms with van der Waals surface area (Å²) in [5.74, 6) is -23.6. The first kappa shape index (κ1) is 24.8. The molecule has 6 nitrogen and oxygen atoms in total. The number of halogens is 6. The Hall–Kier alpha value is -3.44. The van der Waals surface area contributed by atoms with Crippen LogP contribution in [0, 0.1) is 0 Å². The zero-order valence-corrected chi connectivity index (χ0v) is 16.9. The third-order valence-corrected chi connectivity index (χ3v) is 4.36. The average molecular weight is 465 g/mol. The molecule has 0 spiro atoms. The number of carbonyl (C=O) groups excluding carboxylic acids is 2. The highest BCUT2D eigenvalue weighted by atomic mass is 19.3. The Labute approximate surface area is 178 Å². The van der Waals surface area contributed by atoms with Crippen molar-refractivity contribution in [1.82, 2.24) is 0 Å². The number of anilines is 2. The van der Waals surface area contributed by atoms with Gasteiger partial charge in [-0.25, -0.2) is 4.79 Å². The standard InChI is InChI=1S/C20H17F6NO5/c1-30-14-8-4-12(5-9-14)27(13-6-10-15(31-2)11-7-13)16(28)18(21,22)20(25,26)19(23,24)17(29)32-3/h4-11H,1-3H3. The second kappa shape index (κ2) is 8.97. The van der Waals surface area contributed by atoms with Gasteiger partial charge < -0.3 is 14.2 Å². The van der Waals surface area contributed by atoms with E-state index in [0.717, 1.165) is 24.3 Å². The SMILES string of the molecule is COC(=O)C(F)(F)C(F)(F)C(F)(F)C(=O)N(c1ccc(OC)cc1)c1ccc(OC)cc1. The molecule has 0 bridgehead atoms. The highest BCUT2D eigenvalue weighted by Crippen LogP contribution is 2.48. The predicted molar refractivity (Wildman–Crippen MR) is 100.0 cm³/mol. The summed E-state index contributed by atoms with van der Waals surface area (Å²) >= 11 is 0. The minimum atomic E-state index is -6.42. The van der Waals surface area contributed by atoms with Crippen LogP contribution in [0.1, 0.15) is 0 Å². The highest BCUT2D eigenvalue weighted by molar-refractivity contribution is 6.05. The molecule has 2 rings (SSSR count). The molecule has 0 atom stereocenters. The first-order chi connectivity index (χ1) is 14.8. The fourth-order valence-corrected chi connectivity index (χ4v) is 2.57. The van der Waals surface area contributed by atoms with Gasteiger partial charge in [-0.1, -0.05) is 0 Å². The number of esters is 1. The lowest BCUT2D eigenvalue weighted by Crippen LogP contribution is -2.63. The van der Waals surface area contributed by atoms with Crippen LogP contribution in [0.25, 0.3) is 0 Å². The third kappa shape index (κ3) is 4.16. The molecule has 0 aromatic heterocycles. The zero-order valence-electron chi connectivity index (χ0n) is 16.9. The average Bonchev–Trinajstić information content (AvgIpc) is 2.79. The maximum Gasteiger partial charge on any atom is 0.411 e. The molecule has 174 valence electrons. The number of ether oxygens (including phenoxy) is 3. The Bertz CT molecular complexity index is 916. The minimum Gasteiger partial charge on any atom is -0.497 e. The summed E-state index contributed by atoms with van der Waals surface area (Å²) in [6.07, 6.45) is 0. The molecule has 0 radical (unpaired) electrons. The van der Waals surface area contributed by atoms with Crippen molar-refractivity contribution in [2.45, 2.75) is 17.8 Å². The molecule has 0 aliphatic rings. The molecule has 12 heteroatoms. The van der Waals surface area contributed by atoms with Crippen LogP contribution in [0.4, 0.5) is 37.7 Å². The molecule has 0 fully saturated rings. The van der Waals surface area contributed by atoms with Gasteiger partial charge in [-0.2, -0.15) is 26.3 Å². The van der Waals surface area contributed by atoms with Gasteiger partial charge in [-0.3, -0.25) is 9.69 Å². The molecule has 32 heavy (non-hydrogen) atoms. The summed E-state index contributed by atoms with van der Waals surface area (Å²) < 4.78 is 98.6. The van der Waals surface area contributed by atoms with Crippen LogP contribution >= 0.6 is 0 Å². The molecular formula is C20H17F6NO5. The Morgan fingerprint density at radius 1 is 0.688 bits per heavy atom. The van der Waals surface area contributed by atoms with E-state index in [-0.39, 0.29) is 27.8 Å². The number of nitrogens with zero attached hydrogens (tertiary/aromatic N) is 1. The van der Waals surface area contributed by atoms with Crippen LogP contribution in [0.15, 0.2) is 48.5 Å². The molecular weight excluding hydrogens is 448 g/mol. The number of hydrogen-bond acceptors (Lipinski definition) is 5. The van der Waals surface area contributed by atoms with Crippen LogP contribution in [-0.2, 0) is 14.3 Å². The number of amides is 1. The lowest BCUT2D eigenvalue weighted by Gasteiger charge is -2.33. The van der Waals surface area contributed by atoms with E-state index in [4.69, 9.17) is 9.47 Å². The molecule has 0 saturated heterocycles. The molecule has 0 aliphatic carbocycles. The first-order valence-corrected chi connectivity index (χ1v) is 8.69. The van der Waals surface area contributed by atoms with Gasteiger partial charge in [0.15, 0.2) is 0 Å². The minimum absolute atomic E-state index is 0.111. The molecule has 0 heterocycles. The quantitative estimate of drug-likeness (QED) is 0.426. The van der Waals surface area contributed by atoms with Gasteiger partial charge >= 0.3 is 29.6 Å². The Morgan fingerprint density at radius 3 is 1.38 bits per heavy atom. The van der Waals surface area contributed by atoms with E-state index in [1.54, 1.807) is 0 Å². The van der Waals surface area contributed by atoms with Crippen molar-refractivity contribution in [3.63, 3.8) is 0 Å². The molecule has 1 amide bonds. The smallest absolute Gasteiger partial charge is 0.411 e. The molecule has 0 N–H and O–H groups in total. The van der Waals surface area contributed by atoms with Crippen LogP contribution in [0.3, 0.4) is 0 Å². The summed E-state index contributed by atoms with van der Waals surface area (Å²) in [5.41, 5.74) is -0.726. The first-order valence-electron chi connectivity index (χ1n) is 8.69. The number of benzene rings is 2. The molecule has 2 aromatic carbocycles. The topological polar surface area (TPSA) is 65.1 Å². The van der Waals surface area contributed by atoms with Gasteiger partial charge in [0.2, 0.25) is 0 Å². The summed E-state index contributed by atoms with van der Waals surface area (Å²) in [5, 5.41) is 0. The number of carbonyl (C=O) groups is 2. The molecule has 0 unspecified atom stereocenters. The van der Waals surface area contributed by atoms with E-state index in [9.17, 15) is 35.9 Å². The Morgan fingerprint density at radius 2 is 1.06 bits per heavy atom. The van der Waals surface area contributed by atoms with Crippen LogP contribution in [-0.4, -0.2) is 51.0 Å². The van der Waals surface area contributed by atoms with Crippen LogP contribution in [0.2, 0.25) is 0 Å². The van der Waals surface area contributed by atoms with E-state index in [1.807, 2.05) is 0 Å². The second-order valence-corrected chi connectivity index (χ2v) is 6.25. The van der Waals surface area contributed by atoms with Crippen molar-refractivity contribution in [3.05, 3.63) is 48.5 Å². The number of rotatable bonds is 8. The lowest BCUT2D eigenvalue weighted by atomic mass is 10.0. The number of hydrogen-bond donors (Lipinski definition) is 0. The van der Waals surface area contributed by atoms with Gasteiger partial charge in [0, 0.05) is 11.4 Å². The number of methoxy groups -OCH3 is 3. The van der Waals surface area contributed by atoms with Gasteiger partial charge in [0.05, 0.1) is 21.3 Å². The number of alkyl halides is 6. The van der Waals surface area contributed by atoms with E-state index >= 15 is 0 Å². The van der Waals surface area contributed by atoms with Crippen molar-refractivity contribution in [3.8, 4) is 11.5 Å². The third-order valence-electron chi connectivity index (χ3n) is 4.36. The fraction of sp³-hybridized carbons (Fsp3) is 0.300. The second-order valence-electron chi connectivity index (χ2n) is 6.25. The van der Waals surface area contributed by atoms with Crippen LogP contribution in [0.5, 0.6) is 11.5 Å². The normalized spacial score (nSPS) is 12.2. The maximum absolute atomic E-state index is 14.6. The van der Waals surface area contributed by atoms with Gasteiger partial charge in [-0.05, 0) is 48.5 Å². The van der Waals surface area contributed by atoms with Crippen molar-refractivity contribution in [2.75, 3.05) is 26.2 Å². The highest BCUT2D eigenvalue weighted by Gasteiger charge is 2.79. The largest absolute Gasteiger partial charge is 0.497 e. The van der Waals surface area contributed by atoms with E-state index in [2.05, 4.69) is 4.74 Å². The monoisotopic (exact) mass is 465 g/mol. The van der Waals surface area contributed by atoms with Crippen molar-refractivity contribution < 1.29 is 50.1 Å². The Kier molecular flexibility index (Phi) is 6.96. The van der Waals surface area contributed by atoms with Gasteiger partial charge in [0.25, 0.3) is 0 Å². The van der Waals surface area contributed by atoms with Crippen molar-refractivity contribution in [1.29, 1.82) is 0 Å². The zero-order chi connectivity index (χ0) is 24.3. The Balaban J connectivity index is 2.63. The lowest BCUT2D eigenvalue weighted by molar-refractivity contribution is -0.292. The fourth-order valence-electron chi connectivity index (χ4n) is 2.57. The van der Waals surface area contributed by atoms with E-state index in [1.165, 1.54) is 38.5 Å². The van der Waals surface area contributed by atoms with Crippen LogP contribution < -0.4 is 14.4 Å².